The molecule has 1 aliphatic rings. The Labute approximate surface area is 61.2 Å². The molecule has 0 aromatic carbocycles. The van der Waals surface area contributed by atoms with Crippen LogP contribution in [0.1, 0.15) is 33.1 Å². The summed E-state index contributed by atoms with van der Waals surface area (Å²) in [7, 11) is 0. The Bertz CT molecular complexity index is 149. The van der Waals surface area contributed by atoms with Crippen molar-refractivity contribution in [3.63, 3.8) is 0 Å². The summed E-state index contributed by atoms with van der Waals surface area (Å²) in [6, 6.07) is 0. The van der Waals surface area contributed by atoms with Crippen LogP contribution in [0.3, 0.4) is 0 Å². The van der Waals surface area contributed by atoms with E-state index < -0.39 is 5.60 Å². The van der Waals surface area contributed by atoms with Crippen LogP contribution in [-0.4, -0.2) is 16.5 Å². The van der Waals surface area contributed by atoms with Gasteiger partial charge in [-0.3, -0.25) is 4.79 Å². The number of rotatable bonds is 0. The molecule has 2 atom stereocenters. The van der Waals surface area contributed by atoms with Crippen LogP contribution in [0.4, 0.5) is 0 Å². The lowest BCUT2D eigenvalue weighted by Gasteiger charge is -2.32. The van der Waals surface area contributed by atoms with Gasteiger partial charge in [0.25, 0.3) is 0 Å². The molecular formula is C8H14O2. The Balaban J connectivity index is 2.73. The second-order valence-electron chi connectivity index (χ2n) is 3.36. The molecule has 10 heavy (non-hydrogen) atoms. The fourth-order valence-electron chi connectivity index (χ4n) is 1.38. The van der Waals surface area contributed by atoms with Gasteiger partial charge in [-0.1, -0.05) is 6.92 Å². The number of aliphatic hydroxyl groups is 1. The van der Waals surface area contributed by atoms with Gasteiger partial charge in [-0.25, -0.2) is 0 Å². The average Bonchev–Trinajstić information content (AvgIpc) is 1.84. The van der Waals surface area contributed by atoms with Crippen LogP contribution < -0.4 is 0 Å². The smallest absolute Gasteiger partial charge is 0.164 e. The monoisotopic (exact) mass is 142 g/mol. The zero-order valence-electron chi connectivity index (χ0n) is 6.55. The number of carbonyl (C=O) groups excluding carboxylic acids is 1. The molecule has 1 rings (SSSR count). The summed E-state index contributed by atoms with van der Waals surface area (Å²) in [4.78, 5) is 11.1. The summed E-state index contributed by atoms with van der Waals surface area (Å²) >= 11 is 0. The second kappa shape index (κ2) is 2.35. The maximum atomic E-state index is 11.1. The SMILES string of the molecule is CC1CCCC(=O)C1(C)O. The molecule has 0 aliphatic heterocycles. The molecule has 0 amide bonds. The van der Waals surface area contributed by atoms with E-state index in [2.05, 4.69) is 0 Å². The molecule has 2 unspecified atom stereocenters. The van der Waals surface area contributed by atoms with Gasteiger partial charge in [0, 0.05) is 6.42 Å². The lowest BCUT2D eigenvalue weighted by Crippen LogP contribution is -2.44. The Kier molecular flexibility index (Phi) is 1.82. The predicted molar refractivity (Wildman–Crippen MR) is 38.6 cm³/mol. The van der Waals surface area contributed by atoms with Crippen molar-refractivity contribution in [1.29, 1.82) is 0 Å². The molecule has 0 aromatic rings. The number of carbonyl (C=O) groups is 1. The van der Waals surface area contributed by atoms with E-state index in [4.69, 9.17) is 0 Å². The van der Waals surface area contributed by atoms with Crippen molar-refractivity contribution in [1.82, 2.24) is 0 Å². The third kappa shape index (κ3) is 1.08. The number of Topliss-reactive ketones (excluding diaryl/α,β-unsaturated/α-hetero) is 1. The van der Waals surface area contributed by atoms with Crippen molar-refractivity contribution in [2.24, 2.45) is 5.92 Å². The van der Waals surface area contributed by atoms with E-state index in [0.29, 0.717) is 6.42 Å². The van der Waals surface area contributed by atoms with E-state index >= 15 is 0 Å². The molecule has 2 heteroatoms. The molecule has 1 fully saturated rings. The maximum absolute atomic E-state index is 11.1. The summed E-state index contributed by atoms with van der Waals surface area (Å²) in [5.74, 6) is 0.139. The summed E-state index contributed by atoms with van der Waals surface area (Å²) in [5.41, 5.74) is -1.04. The summed E-state index contributed by atoms with van der Waals surface area (Å²) in [5, 5.41) is 9.56. The van der Waals surface area contributed by atoms with Crippen LogP contribution in [-0.2, 0) is 4.79 Å². The first kappa shape index (κ1) is 7.73. The minimum absolute atomic E-state index is 0.00579. The molecule has 1 aliphatic carbocycles. The van der Waals surface area contributed by atoms with Gasteiger partial charge in [0.2, 0.25) is 0 Å². The van der Waals surface area contributed by atoms with Crippen LogP contribution >= 0.6 is 0 Å². The van der Waals surface area contributed by atoms with Gasteiger partial charge in [-0.05, 0) is 25.7 Å². The first-order valence-corrected chi connectivity index (χ1v) is 3.81. The van der Waals surface area contributed by atoms with Crippen LogP contribution in [0.2, 0.25) is 0 Å². The zero-order chi connectivity index (χ0) is 7.78. The highest BCUT2D eigenvalue weighted by Crippen LogP contribution is 2.29. The van der Waals surface area contributed by atoms with Crippen molar-refractivity contribution in [2.75, 3.05) is 0 Å². The lowest BCUT2D eigenvalue weighted by molar-refractivity contribution is -0.144. The number of hydrogen-bond acceptors (Lipinski definition) is 2. The highest BCUT2D eigenvalue weighted by Gasteiger charge is 2.38. The molecule has 1 saturated carbocycles. The van der Waals surface area contributed by atoms with Crippen molar-refractivity contribution >= 4 is 5.78 Å². The fourth-order valence-corrected chi connectivity index (χ4v) is 1.38. The third-order valence-electron chi connectivity index (χ3n) is 2.57. The molecule has 0 aromatic heterocycles. The average molecular weight is 142 g/mol. The summed E-state index contributed by atoms with van der Waals surface area (Å²) in [6.07, 6.45) is 2.46. The van der Waals surface area contributed by atoms with Crippen LogP contribution in [0.5, 0.6) is 0 Å². The maximum Gasteiger partial charge on any atom is 0.164 e. The van der Waals surface area contributed by atoms with E-state index in [1.165, 1.54) is 0 Å². The van der Waals surface area contributed by atoms with E-state index in [-0.39, 0.29) is 11.7 Å². The van der Waals surface area contributed by atoms with E-state index in [0.717, 1.165) is 12.8 Å². The topological polar surface area (TPSA) is 37.3 Å². The lowest BCUT2D eigenvalue weighted by atomic mass is 9.77. The van der Waals surface area contributed by atoms with Gasteiger partial charge in [0.1, 0.15) is 5.60 Å². The standard InChI is InChI=1S/C8H14O2/c1-6-4-3-5-7(9)8(6,2)10/h6,10H,3-5H2,1-2H3. The van der Waals surface area contributed by atoms with Gasteiger partial charge >= 0.3 is 0 Å². The van der Waals surface area contributed by atoms with Crippen LogP contribution in [0.15, 0.2) is 0 Å². The molecule has 0 spiro atoms. The van der Waals surface area contributed by atoms with E-state index in [1.54, 1.807) is 6.92 Å². The summed E-state index contributed by atoms with van der Waals surface area (Å²) < 4.78 is 0. The molecule has 58 valence electrons. The zero-order valence-corrected chi connectivity index (χ0v) is 6.55. The first-order valence-electron chi connectivity index (χ1n) is 3.81. The minimum atomic E-state index is -1.04. The largest absolute Gasteiger partial charge is 0.382 e. The molecule has 0 bridgehead atoms. The highest BCUT2D eigenvalue weighted by atomic mass is 16.3. The van der Waals surface area contributed by atoms with Gasteiger partial charge in [0.15, 0.2) is 5.78 Å². The predicted octanol–water partition coefficient (Wildman–Crippen LogP) is 1.13. The fraction of sp³-hybridized carbons (Fsp3) is 0.875. The third-order valence-corrected chi connectivity index (χ3v) is 2.57. The first-order chi connectivity index (χ1) is 4.55. The highest BCUT2D eigenvalue weighted by molar-refractivity contribution is 5.87. The Hall–Kier alpha value is -0.370. The van der Waals surface area contributed by atoms with Gasteiger partial charge in [0.05, 0.1) is 0 Å². The number of ketones is 1. The Morgan fingerprint density at radius 2 is 2.30 bits per heavy atom. The molecule has 0 saturated heterocycles. The van der Waals surface area contributed by atoms with Crippen molar-refractivity contribution in [3.05, 3.63) is 0 Å². The molecule has 0 heterocycles. The molecular weight excluding hydrogens is 128 g/mol. The van der Waals surface area contributed by atoms with Crippen molar-refractivity contribution in [3.8, 4) is 0 Å². The molecule has 0 radical (unpaired) electrons. The van der Waals surface area contributed by atoms with Gasteiger partial charge in [-0.2, -0.15) is 0 Å². The normalized spacial score (nSPS) is 41.9. The quantitative estimate of drug-likeness (QED) is 0.550. The molecule has 1 N–H and O–H groups in total. The van der Waals surface area contributed by atoms with Crippen LogP contribution in [0, 0.1) is 5.92 Å². The minimum Gasteiger partial charge on any atom is -0.382 e. The second-order valence-corrected chi connectivity index (χ2v) is 3.36. The van der Waals surface area contributed by atoms with Crippen LogP contribution in [0.25, 0.3) is 0 Å². The van der Waals surface area contributed by atoms with Crippen molar-refractivity contribution < 1.29 is 9.90 Å². The van der Waals surface area contributed by atoms with E-state index in [1.807, 2.05) is 6.92 Å². The summed E-state index contributed by atoms with van der Waals surface area (Å²) in [6.45, 7) is 3.55. The number of hydrogen-bond donors (Lipinski definition) is 1. The Morgan fingerprint density at radius 1 is 1.70 bits per heavy atom. The van der Waals surface area contributed by atoms with E-state index in [9.17, 15) is 9.90 Å². The molecule has 2 nitrogen and oxygen atoms in total. The van der Waals surface area contributed by atoms with Gasteiger partial charge < -0.3 is 5.11 Å². The van der Waals surface area contributed by atoms with Gasteiger partial charge in [-0.15, -0.1) is 0 Å². The van der Waals surface area contributed by atoms with Crippen molar-refractivity contribution in [2.45, 2.75) is 38.7 Å². The Morgan fingerprint density at radius 3 is 2.70 bits per heavy atom.